The van der Waals surface area contributed by atoms with Gasteiger partial charge in [-0.15, -0.1) is 0 Å². The number of hydrogen-bond acceptors (Lipinski definition) is 4. The third kappa shape index (κ3) is 5.31. The number of carbonyl (C=O) groups excluding carboxylic acids is 1. The highest BCUT2D eigenvalue weighted by Crippen LogP contribution is 2.24. The second-order valence-corrected chi connectivity index (χ2v) is 8.44. The number of carbonyl (C=O) groups is 1. The molecule has 1 amide bonds. The second kappa shape index (κ2) is 8.92. The van der Waals surface area contributed by atoms with Crippen LogP contribution in [0, 0.1) is 0 Å². The van der Waals surface area contributed by atoms with E-state index >= 15 is 0 Å². The van der Waals surface area contributed by atoms with Gasteiger partial charge in [-0.25, -0.2) is 0 Å². The molecule has 1 heterocycles. The first-order valence-corrected chi connectivity index (χ1v) is 10.1. The van der Waals surface area contributed by atoms with Crippen LogP contribution in [0.5, 0.6) is 0 Å². The van der Waals surface area contributed by atoms with Crippen molar-refractivity contribution in [3.05, 3.63) is 88.8 Å². The van der Waals surface area contributed by atoms with Crippen molar-refractivity contribution in [1.82, 2.24) is 4.57 Å². The lowest BCUT2D eigenvalue weighted by molar-refractivity contribution is -0.0893. The molecule has 0 radical (unpaired) electrons. The Bertz CT molecular complexity index is 1100. The lowest BCUT2D eigenvalue weighted by Crippen LogP contribution is -2.49. The Hall–Kier alpha value is -3.16. The molecule has 3 aromatic rings. The summed E-state index contributed by atoms with van der Waals surface area (Å²) in [6.45, 7) is 7.09. The number of nitrogens with one attached hydrogen (secondary N) is 1. The maximum absolute atomic E-state index is 12.8. The van der Waals surface area contributed by atoms with E-state index in [0.29, 0.717) is 18.9 Å². The molecule has 3 rings (SSSR count). The van der Waals surface area contributed by atoms with Crippen molar-refractivity contribution in [2.24, 2.45) is 0 Å². The largest absolute Gasteiger partial charge is 0.427 e. The first kappa shape index (κ1) is 22.5. The van der Waals surface area contributed by atoms with Gasteiger partial charge >= 0.3 is 7.48 Å². The van der Waals surface area contributed by atoms with Crippen LogP contribution in [-0.4, -0.2) is 34.3 Å². The highest BCUT2D eigenvalue weighted by Gasteiger charge is 2.35. The van der Waals surface area contributed by atoms with Crippen LogP contribution >= 0.6 is 0 Å². The maximum Gasteiger partial charge on any atom is 0.309 e. The fraction of sp³-hybridized carbons (Fsp3) is 0.250. The van der Waals surface area contributed by atoms with Gasteiger partial charge in [0.2, 0.25) is 0 Å². The Labute approximate surface area is 182 Å². The second-order valence-electron chi connectivity index (χ2n) is 8.44. The predicted octanol–water partition coefficient (Wildman–Crippen LogP) is 2.63. The average molecular weight is 418 g/mol. The van der Waals surface area contributed by atoms with Gasteiger partial charge in [0.05, 0.1) is 11.2 Å². The number of amides is 1. The highest BCUT2D eigenvalue weighted by atomic mass is 16.5. The fourth-order valence-electron chi connectivity index (χ4n) is 2.78. The first-order chi connectivity index (χ1) is 14.6. The van der Waals surface area contributed by atoms with Gasteiger partial charge in [0.15, 0.2) is 0 Å². The molecular weight excluding hydrogens is 391 g/mol. The van der Waals surface area contributed by atoms with Crippen LogP contribution in [0.15, 0.2) is 77.7 Å². The molecule has 0 atom stereocenters. The maximum atomic E-state index is 12.8. The Kier molecular flexibility index (Phi) is 6.48. The van der Waals surface area contributed by atoms with Gasteiger partial charge < -0.3 is 15.1 Å². The normalized spacial score (nSPS) is 11.8. The van der Waals surface area contributed by atoms with E-state index in [9.17, 15) is 14.7 Å². The van der Waals surface area contributed by atoms with Gasteiger partial charge in [0.1, 0.15) is 5.56 Å². The quantitative estimate of drug-likeness (QED) is 0.579. The lowest BCUT2D eigenvalue weighted by atomic mass is 9.82. The molecule has 31 heavy (non-hydrogen) atoms. The molecule has 0 saturated heterocycles. The summed E-state index contributed by atoms with van der Waals surface area (Å²) in [5, 5.41) is 13.0. The smallest absolute Gasteiger partial charge is 0.309 e. The molecule has 160 valence electrons. The van der Waals surface area contributed by atoms with Crippen LogP contribution in [0.4, 0.5) is 5.69 Å². The van der Waals surface area contributed by atoms with Crippen molar-refractivity contribution in [2.45, 2.75) is 38.9 Å². The van der Waals surface area contributed by atoms with E-state index in [0.717, 1.165) is 5.46 Å². The highest BCUT2D eigenvalue weighted by molar-refractivity contribution is 6.47. The molecule has 2 aromatic carbocycles. The summed E-state index contributed by atoms with van der Waals surface area (Å²) in [5.41, 5.74) is 0.150. The fourth-order valence-corrected chi connectivity index (χ4v) is 2.78. The Balaban J connectivity index is 1.70. The van der Waals surface area contributed by atoms with Gasteiger partial charge in [-0.1, -0.05) is 35.8 Å². The van der Waals surface area contributed by atoms with Crippen LogP contribution < -0.4 is 16.3 Å². The molecule has 0 aliphatic heterocycles. The molecule has 0 unspecified atom stereocenters. The summed E-state index contributed by atoms with van der Waals surface area (Å²) in [5.74, 6) is -0.470. The Morgan fingerprint density at radius 3 is 2.23 bits per heavy atom. The van der Waals surface area contributed by atoms with Gasteiger partial charge in [0.25, 0.3) is 11.5 Å². The van der Waals surface area contributed by atoms with Crippen LogP contribution in [0.2, 0.25) is 0 Å². The van der Waals surface area contributed by atoms with E-state index in [-0.39, 0.29) is 11.1 Å². The van der Waals surface area contributed by atoms with Gasteiger partial charge in [-0.05, 0) is 64.1 Å². The zero-order chi connectivity index (χ0) is 22.6. The number of anilines is 1. The number of aliphatic hydroxyl groups is 1. The van der Waals surface area contributed by atoms with E-state index in [4.69, 9.17) is 4.65 Å². The van der Waals surface area contributed by atoms with E-state index in [1.165, 1.54) is 10.6 Å². The zero-order valence-corrected chi connectivity index (χ0v) is 18.3. The molecular formula is C24H27BN2O4. The first-order valence-electron chi connectivity index (χ1n) is 10.1. The van der Waals surface area contributed by atoms with Crippen LogP contribution in [0.1, 0.15) is 38.1 Å². The van der Waals surface area contributed by atoms with Crippen LogP contribution in [0.3, 0.4) is 0 Å². The van der Waals surface area contributed by atoms with Crippen LogP contribution in [-0.2, 0) is 4.65 Å². The number of para-hydroxylation sites is 1. The van der Waals surface area contributed by atoms with Gasteiger partial charge in [0, 0.05) is 17.6 Å². The van der Waals surface area contributed by atoms with Crippen molar-refractivity contribution >= 4 is 24.5 Å². The molecule has 0 fully saturated rings. The summed E-state index contributed by atoms with van der Waals surface area (Å²) in [6.07, 6.45) is 1.64. The summed E-state index contributed by atoms with van der Waals surface area (Å²) in [6, 6.07) is 19.5. The van der Waals surface area contributed by atoms with Gasteiger partial charge in [-0.2, -0.15) is 0 Å². The number of pyridine rings is 1. The van der Waals surface area contributed by atoms with E-state index in [2.05, 4.69) is 5.32 Å². The number of nitrogens with zero attached hydrogens (tertiary/aromatic N) is 1. The molecule has 6 nitrogen and oxygen atoms in total. The summed E-state index contributed by atoms with van der Waals surface area (Å²) in [4.78, 5) is 25.5. The van der Waals surface area contributed by atoms with Gasteiger partial charge in [-0.3, -0.25) is 14.2 Å². The molecule has 0 aliphatic carbocycles. The van der Waals surface area contributed by atoms with Crippen molar-refractivity contribution < 1.29 is 14.6 Å². The minimum atomic E-state index is -0.983. The third-order valence-electron chi connectivity index (χ3n) is 5.51. The van der Waals surface area contributed by atoms with Crippen LogP contribution in [0.25, 0.3) is 5.69 Å². The van der Waals surface area contributed by atoms with E-state index in [1.807, 2.05) is 56.3 Å². The molecule has 2 N–H and O–H groups in total. The van der Waals surface area contributed by atoms with Crippen molar-refractivity contribution in [1.29, 1.82) is 0 Å². The summed E-state index contributed by atoms with van der Waals surface area (Å²) < 4.78 is 7.30. The van der Waals surface area contributed by atoms with Crippen molar-refractivity contribution in [3.63, 3.8) is 0 Å². The molecule has 0 aliphatic rings. The molecule has 7 heteroatoms. The number of aromatic nitrogens is 1. The number of rotatable bonds is 7. The summed E-state index contributed by atoms with van der Waals surface area (Å²) >= 11 is 0. The standard InChI is InChI=1S/C24H27BN2O4/c1-23(2,30)24(3,4)31-25-17-12-14-18(15-13-17)26-21(28)20-11-8-16-27(22(20)29)19-9-6-5-7-10-19/h5-16,25,30H,1-4H3,(H,26,28). The van der Waals surface area contributed by atoms with E-state index in [1.54, 1.807) is 38.2 Å². The monoisotopic (exact) mass is 418 g/mol. The predicted molar refractivity (Wildman–Crippen MR) is 125 cm³/mol. The average Bonchev–Trinajstić information content (AvgIpc) is 2.73. The Morgan fingerprint density at radius 2 is 1.61 bits per heavy atom. The molecule has 0 spiro atoms. The van der Waals surface area contributed by atoms with Crippen molar-refractivity contribution in [3.8, 4) is 5.69 Å². The molecule has 0 saturated carbocycles. The topological polar surface area (TPSA) is 80.6 Å². The lowest BCUT2D eigenvalue weighted by Gasteiger charge is -2.37. The SMILES string of the molecule is CC(C)(O)C(C)(C)OBc1ccc(NC(=O)c2cccn(-c3ccccc3)c2=O)cc1. The third-order valence-corrected chi connectivity index (χ3v) is 5.51. The number of benzene rings is 2. The molecule has 0 bridgehead atoms. The summed E-state index contributed by atoms with van der Waals surface area (Å²) in [7, 11) is 0.325. The minimum Gasteiger partial charge on any atom is -0.427 e. The Morgan fingerprint density at radius 1 is 0.968 bits per heavy atom. The molecule has 1 aromatic heterocycles. The number of hydrogen-bond donors (Lipinski definition) is 2. The zero-order valence-electron chi connectivity index (χ0n) is 18.3. The van der Waals surface area contributed by atoms with Crippen molar-refractivity contribution in [2.75, 3.05) is 5.32 Å². The minimum absolute atomic E-state index is 0.0608. The van der Waals surface area contributed by atoms with E-state index < -0.39 is 17.1 Å².